The molecule has 3 rings (SSSR count). The second-order valence-electron chi connectivity index (χ2n) is 5.54. The number of aromatic nitrogens is 2. The van der Waals surface area contributed by atoms with Crippen LogP contribution in [0.2, 0.25) is 5.02 Å². The van der Waals surface area contributed by atoms with Gasteiger partial charge in [0.15, 0.2) is 0 Å². The van der Waals surface area contributed by atoms with Crippen molar-refractivity contribution < 1.29 is 13.6 Å². The average molecular weight is 441 g/mol. The number of nitrogens with one attached hydrogen (secondary N) is 1. The van der Waals surface area contributed by atoms with Crippen LogP contribution in [0.3, 0.4) is 0 Å². The van der Waals surface area contributed by atoms with Crippen LogP contribution >= 0.6 is 27.5 Å². The van der Waals surface area contributed by atoms with Crippen LogP contribution < -0.4 is 5.32 Å². The summed E-state index contributed by atoms with van der Waals surface area (Å²) in [5.74, 6) is -0.997. The van der Waals surface area contributed by atoms with E-state index in [9.17, 15) is 13.6 Å². The summed E-state index contributed by atoms with van der Waals surface area (Å²) in [6.07, 6.45) is 1.67. The minimum absolute atomic E-state index is 0.0978. The van der Waals surface area contributed by atoms with Crippen LogP contribution in [-0.2, 0) is 17.8 Å². The van der Waals surface area contributed by atoms with Gasteiger partial charge in [0, 0.05) is 17.1 Å². The zero-order chi connectivity index (χ0) is 18.7. The summed E-state index contributed by atoms with van der Waals surface area (Å²) in [6.45, 7) is 0.196. The monoisotopic (exact) mass is 439 g/mol. The van der Waals surface area contributed by atoms with Crippen molar-refractivity contribution >= 4 is 33.4 Å². The van der Waals surface area contributed by atoms with Gasteiger partial charge >= 0.3 is 0 Å². The van der Waals surface area contributed by atoms with Gasteiger partial charge in [-0.3, -0.25) is 4.79 Å². The molecule has 8 heteroatoms. The van der Waals surface area contributed by atoms with Gasteiger partial charge in [0.2, 0.25) is 5.91 Å². The maximum atomic E-state index is 13.0. The molecular weight excluding hydrogens is 428 g/mol. The fraction of sp³-hybridized carbons (Fsp3) is 0.111. The lowest BCUT2D eigenvalue weighted by Gasteiger charge is -2.07. The summed E-state index contributed by atoms with van der Waals surface area (Å²) in [5, 5.41) is 7.21. The van der Waals surface area contributed by atoms with Gasteiger partial charge in [0.05, 0.1) is 18.3 Å². The lowest BCUT2D eigenvalue weighted by atomic mass is 10.2. The molecule has 3 aromatic rings. The van der Waals surface area contributed by atoms with Gasteiger partial charge < -0.3 is 5.32 Å². The molecule has 0 aliphatic heterocycles. The number of rotatable bonds is 5. The Kier molecular flexibility index (Phi) is 5.68. The number of carbonyl (C=O) groups excluding carboxylic acids is 1. The van der Waals surface area contributed by atoms with E-state index < -0.39 is 5.82 Å². The molecule has 2 aromatic carbocycles. The zero-order valence-electron chi connectivity index (χ0n) is 13.3. The number of carbonyl (C=O) groups is 1. The molecule has 0 fully saturated rings. The van der Waals surface area contributed by atoms with Crippen molar-refractivity contribution in [3.63, 3.8) is 0 Å². The van der Waals surface area contributed by atoms with Gasteiger partial charge in [0.1, 0.15) is 16.2 Å². The second-order valence-corrected chi connectivity index (χ2v) is 6.70. The van der Waals surface area contributed by atoms with Crippen molar-refractivity contribution in [2.24, 2.45) is 0 Å². The molecular formula is C18H13BrClF2N3O. The predicted molar refractivity (Wildman–Crippen MR) is 98.2 cm³/mol. The summed E-state index contributed by atoms with van der Waals surface area (Å²) in [7, 11) is 0. The minimum Gasteiger partial charge on any atom is -0.352 e. The molecule has 26 heavy (non-hydrogen) atoms. The van der Waals surface area contributed by atoms with Crippen LogP contribution in [0.5, 0.6) is 0 Å². The summed E-state index contributed by atoms with van der Waals surface area (Å²) >= 11 is 9.36. The third-order valence-electron chi connectivity index (χ3n) is 3.69. The highest BCUT2D eigenvalue weighted by molar-refractivity contribution is 9.10. The molecule has 0 atom stereocenters. The number of benzene rings is 2. The normalized spacial score (nSPS) is 10.8. The van der Waals surface area contributed by atoms with E-state index in [1.54, 1.807) is 23.0 Å². The molecule has 1 N–H and O–H groups in total. The second kappa shape index (κ2) is 7.97. The smallest absolute Gasteiger partial charge is 0.224 e. The molecule has 1 heterocycles. The third-order valence-corrected chi connectivity index (χ3v) is 4.89. The largest absolute Gasteiger partial charge is 0.352 e. The Morgan fingerprint density at radius 3 is 2.50 bits per heavy atom. The Morgan fingerprint density at radius 1 is 1.12 bits per heavy atom. The first-order chi connectivity index (χ1) is 12.4. The van der Waals surface area contributed by atoms with Crippen molar-refractivity contribution in [3.05, 3.63) is 81.0 Å². The maximum absolute atomic E-state index is 13.0. The van der Waals surface area contributed by atoms with Crippen LogP contribution in [0.15, 0.2) is 53.3 Å². The van der Waals surface area contributed by atoms with Crippen LogP contribution in [0, 0.1) is 11.6 Å². The molecule has 0 bridgehead atoms. The lowest BCUT2D eigenvalue weighted by Crippen LogP contribution is -2.24. The first kappa shape index (κ1) is 18.5. The number of hydrogen-bond donors (Lipinski definition) is 1. The molecule has 0 saturated carbocycles. The quantitative estimate of drug-likeness (QED) is 0.638. The fourth-order valence-corrected chi connectivity index (χ4v) is 3.12. The average Bonchev–Trinajstić information content (AvgIpc) is 2.95. The predicted octanol–water partition coefficient (Wildman–Crippen LogP) is 4.43. The van der Waals surface area contributed by atoms with E-state index in [1.165, 1.54) is 30.3 Å². The molecule has 1 aromatic heterocycles. The van der Waals surface area contributed by atoms with Gasteiger partial charge in [-0.1, -0.05) is 17.7 Å². The van der Waals surface area contributed by atoms with Crippen LogP contribution in [-0.4, -0.2) is 15.7 Å². The molecule has 0 spiro atoms. The summed E-state index contributed by atoms with van der Waals surface area (Å²) in [6, 6.07) is 9.87. The molecule has 0 radical (unpaired) electrons. The minimum atomic E-state index is -0.429. The highest BCUT2D eigenvalue weighted by Gasteiger charge is 2.14. The van der Waals surface area contributed by atoms with Gasteiger partial charge in [0.25, 0.3) is 0 Å². The summed E-state index contributed by atoms with van der Waals surface area (Å²) in [5.41, 5.74) is 1.97. The Balaban J connectivity index is 1.65. The Bertz CT molecular complexity index is 944. The molecule has 0 aliphatic carbocycles. The Hall–Kier alpha value is -2.25. The van der Waals surface area contributed by atoms with Crippen molar-refractivity contribution in [1.82, 2.24) is 15.1 Å². The standard InChI is InChI=1S/C18H13BrClF2N3O/c19-18-12(10-24-25(18)15-5-3-13(21)4-6-15)7-17(26)23-9-11-1-2-14(22)8-16(11)20/h1-6,8,10H,7,9H2,(H,23,26). The number of nitrogens with zero attached hydrogens (tertiary/aromatic N) is 2. The van der Waals surface area contributed by atoms with Crippen LogP contribution in [0.1, 0.15) is 11.1 Å². The molecule has 0 unspecified atom stereocenters. The van der Waals surface area contributed by atoms with Crippen molar-refractivity contribution in [2.45, 2.75) is 13.0 Å². The van der Waals surface area contributed by atoms with Crippen LogP contribution in [0.25, 0.3) is 5.69 Å². The summed E-state index contributed by atoms with van der Waals surface area (Å²) < 4.78 is 28.2. The lowest BCUT2D eigenvalue weighted by molar-refractivity contribution is -0.120. The molecule has 134 valence electrons. The Labute approximate surface area is 161 Å². The molecule has 1 amide bonds. The highest BCUT2D eigenvalue weighted by atomic mass is 79.9. The molecule has 0 aliphatic rings. The maximum Gasteiger partial charge on any atom is 0.224 e. The van der Waals surface area contributed by atoms with E-state index in [1.807, 2.05) is 0 Å². The summed E-state index contributed by atoms with van der Waals surface area (Å²) in [4.78, 5) is 12.2. The third kappa shape index (κ3) is 4.28. The fourth-order valence-electron chi connectivity index (χ4n) is 2.34. The van der Waals surface area contributed by atoms with Gasteiger partial charge in [-0.05, 0) is 57.9 Å². The van der Waals surface area contributed by atoms with E-state index in [-0.39, 0.29) is 29.7 Å². The van der Waals surface area contributed by atoms with Crippen LogP contribution in [0.4, 0.5) is 8.78 Å². The topological polar surface area (TPSA) is 46.9 Å². The SMILES string of the molecule is O=C(Cc1cnn(-c2ccc(F)cc2)c1Br)NCc1ccc(F)cc1Cl. The van der Waals surface area contributed by atoms with E-state index >= 15 is 0 Å². The van der Waals surface area contributed by atoms with Gasteiger partial charge in [-0.2, -0.15) is 5.10 Å². The van der Waals surface area contributed by atoms with E-state index in [2.05, 4.69) is 26.3 Å². The number of amides is 1. The number of halogens is 4. The molecule has 0 saturated heterocycles. The van der Waals surface area contributed by atoms with Crippen molar-refractivity contribution in [1.29, 1.82) is 0 Å². The van der Waals surface area contributed by atoms with Gasteiger partial charge in [-0.15, -0.1) is 0 Å². The molecule has 4 nitrogen and oxygen atoms in total. The highest BCUT2D eigenvalue weighted by Crippen LogP contribution is 2.22. The first-order valence-corrected chi connectivity index (χ1v) is 8.80. The Morgan fingerprint density at radius 2 is 1.81 bits per heavy atom. The van der Waals surface area contributed by atoms with Gasteiger partial charge in [-0.25, -0.2) is 13.5 Å². The van der Waals surface area contributed by atoms with E-state index in [0.29, 0.717) is 21.4 Å². The first-order valence-electron chi connectivity index (χ1n) is 7.63. The zero-order valence-corrected chi connectivity index (χ0v) is 15.7. The van der Waals surface area contributed by atoms with Crippen molar-refractivity contribution in [3.8, 4) is 5.69 Å². The van der Waals surface area contributed by atoms with E-state index in [4.69, 9.17) is 11.6 Å². The van der Waals surface area contributed by atoms with Crippen molar-refractivity contribution in [2.75, 3.05) is 0 Å². The number of hydrogen-bond acceptors (Lipinski definition) is 2. The van der Waals surface area contributed by atoms with E-state index in [0.717, 1.165) is 0 Å².